The average molecular weight is 258 g/mol. The van der Waals surface area contributed by atoms with Crippen molar-refractivity contribution >= 4 is 5.91 Å². The summed E-state index contributed by atoms with van der Waals surface area (Å²) in [5, 5.41) is 18.3. The number of amides is 1. The van der Waals surface area contributed by atoms with Gasteiger partial charge in [0, 0.05) is 19.7 Å². The van der Waals surface area contributed by atoms with Gasteiger partial charge in [0.25, 0.3) is 0 Å². The Bertz CT molecular complexity index is 459. The van der Waals surface area contributed by atoms with Crippen LogP contribution in [-0.2, 0) is 4.79 Å². The number of nitrogens with zero attached hydrogens (tertiary/aromatic N) is 2. The van der Waals surface area contributed by atoms with Crippen molar-refractivity contribution in [2.45, 2.75) is 18.8 Å². The van der Waals surface area contributed by atoms with E-state index in [-0.39, 0.29) is 12.5 Å². The normalized spacial score (nSPS) is 17.8. The summed E-state index contributed by atoms with van der Waals surface area (Å²) in [6.45, 7) is 1.45. The average Bonchev–Trinajstić information content (AvgIpc) is 2.49. The maximum absolute atomic E-state index is 12.4. The minimum absolute atomic E-state index is 0.120. The summed E-state index contributed by atoms with van der Waals surface area (Å²) in [6, 6.07) is 11.3. The number of likely N-dealkylation sites (tertiary alicyclic amines) is 1. The second kappa shape index (κ2) is 6.35. The Morgan fingerprint density at radius 2 is 2.00 bits per heavy atom. The molecule has 4 heteroatoms. The van der Waals surface area contributed by atoms with Crippen molar-refractivity contribution in [1.29, 1.82) is 5.26 Å². The van der Waals surface area contributed by atoms with E-state index >= 15 is 0 Å². The smallest absolute Gasteiger partial charge is 0.244 e. The molecule has 1 aromatic carbocycles. The summed E-state index contributed by atoms with van der Waals surface area (Å²) in [7, 11) is 0. The minimum Gasteiger partial charge on any atom is -0.396 e. The predicted molar refractivity (Wildman–Crippen MR) is 71.2 cm³/mol. The lowest BCUT2D eigenvalue weighted by Crippen LogP contribution is -2.41. The predicted octanol–water partition coefficient (Wildman–Crippen LogP) is 1.52. The Labute approximate surface area is 113 Å². The van der Waals surface area contributed by atoms with Crippen molar-refractivity contribution in [2.75, 3.05) is 19.7 Å². The van der Waals surface area contributed by atoms with Gasteiger partial charge in [-0.1, -0.05) is 30.3 Å². The number of benzene rings is 1. The highest BCUT2D eigenvalue weighted by molar-refractivity contribution is 5.86. The van der Waals surface area contributed by atoms with Gasteiger partial charge in [-0.2, -0.15) is 5.26 Å². The summed E-state index contributed by atoms with van der Waals surface area (Å²) in [4.78, 5) is 14.1. The van der Waals surface area contributed by atoms with Crippen LogP contribution >= 0.6 is 0 Å². The fourth-order valence-electron chi connectivity index (χ4n) is 2.44. The minimum atomic E-state index is -0.716. The lowest BCUT2D eigenvalue weighted by molar-refractivity contribution is -0.133. The maximum Gasteiger partial charge on any atom is 0.244 e. The molecule has 1 N–H and O–H groups in total. The largest absolute Gasteiger partial charge is 0.396 e. The number of hydrogen-bond acceptors (Lipinski definition) is 3. The molecule has 1 aliphatic heterocycles. The van der Waals surface area contributed by atoms with Gasteiger partial charge in [-0.05, 0) is 24.3 Å². The SMILES string of the molecule is N#CC(C(=O)N1CCC(CO)CC1)c1ccccc1. The number of nitriles is 1. The van der Waals surface area contributed by atoms with E-state index in [0.29, 0.717) is 19.0 Å². The first-order valence-corrected chi connectivity index (χ1v) is 6.60. The van der Waals surface area contributed by atoms with Gasteiger partial charge in [0.2, 0.25) is 5.91 Å². The second-order valence-corrected chi connectivity index (χ2v) is 4.92. The number of carbonyl (C=O) groups excluding carboxylic acids is 1. The molecule has 1 fully saturated rings. The van der Waals surface area contributed by atoms with Crippen LogP contribution in [0.5, 0.6) is 0 Å². The molecule has 1 aromatic rings. The third-order valence-electron chi connectivity index (χ3n) is 3.69. The van der Waals surface area contributed by atoms with Gasteiger partial charge in [-0.15, -0.1) is 0 Å². The summed E-state index contributed by atoms with van der Waals surface area (Å²) in [5.41, 5.74) is 0.749. The van der Waals surface area contributed by atoms with Crippen LogP contribution in [0.15, 0.2) is 30.3 Å². The molecule has 0 spiro atoms. The molecular formula is C15H18N2O2. The molecule has 1 heterocycles. The number of carbonyl (C=O) groups is 1. The van der Waals surface area contributed by atoms with Crippen LogP contribution in [0.3, 0.4) is 0 Å². The molecule has 1 unspecified atom stereocenters. The Morgan fingerprint density at radius 3 is 2.53 bits per heavy atom. The van der Waals surface area contributed by atoms with Crippen LogP contribution in [-0.4, -0.2) is 35.6 Å². The van der Waals surface area contributed by atoms with Crippen molar-refractivity contribution in [2.24, 2.45) is 5.92 Å². The van der Waals surface area contributed by atoms with Gasteiger partial charge in [0.1, 0.15) is 5.92 Å². The standard InChI is InChI=1S/C15H18N2O2/c16-10-14(13-4-2-1-3-5-13)15(19)17-8-6-12(11-18)7-9-17/h1-5,12,14,18H,6-9,11H2. The number of hydrogen-bond donors (Lipinski definition) is 1. The molecule has 0 aromatic heterocycles. The van der Waals surface area contributed by atoms with Crippen molar-refractivity contribution in [1.82, 2.24) is 4.90 Å². The highest BCUT2D eigenvalue weighted by atomic mass is 16.3. The van der Waals surface area contributed by atoms with Gasteiger partial charge in [0.05, 0.1) is 6.07 Å². The topological polar surface area (TPSA) is 64.3 Å². The second-order valence-electron chi connectivity index (χ2n) is 4.92. The third-order valence-corrected chi connectivity index (χ3v) is 3.69. The number of piperidine rings is 1. The molecule has 4 nitrogen and oxygen atoms in total. The molecule has 100 valence electrons. The van der Waals surface area contributed by atoms with Gasteiger partial charge < -0.3 is 10.0 Å². The first-order valence-electron chi connectivity index (χ1n) is 6.60. The molecule has 1 atom stereocenters. The van der Waals surface area contributed by atoms with Crippen molar-refractivity contribution in [3.8, 4) is 6.07 Å². The molecule has 2 rings (SSSR count). The number of aliphatic hydroxyl groups is 1. The number of rotatable bonds is 3. The summed E-state index contributed by atoms with van der Waals surface area (Å²) in [5.74, 6) is -0.543. The van der Waals surface area contributed by atoms with E-state index < -0.39 is 5.92 Å². The summed E-state index contributed by atoms with van der Waals surface area (Å²) < 4.78 is 0. The van der Waals surface area contributed by atoms with Crippen molar-refractivity contribution in [3.05, 3.63) is 35.9 Å². The van der Waals surface area contributed by atoms with E-state index in [0.717, 1.165) is 18.4 Å². The molecule has 19 heavy (non-hydrogen) atoms. The van der Waals surface area contributed by atoms with E-state index in [4.69, 9.17) is 5.11 Å². The van der Waals surface area contributed by atoms with E-state index in [1.807, 2.05) is 30.3 Å². The van der Waals surface area contributed by atoms with Crippen LogP contribution in [0.4, 0.5) is 0 Å². The first-order chi connectivity index (χ1) is 9.26. The van der Waals surface area contributed by atoms with E-state index in [9.17, 15) is 10.1 Å². The molecule has 0 aliphatic carbocycles. The lowest BCUT2D eigenvalue weighted by Gasteiger charge is -2.32. The van der Waals surface area contributed by atoms with Crippen LogP contribution < -0.4 is 0 Å². The Kier molecular flexibility index (Phi) is 4.53. The van der Waals surface area contributed by atoms with Gasteiger partial charge in [-0.3, -0.25) is 4.79 Å². The molecule has 1 aliphatic rings. The van der Waals surface area contributed by atoms with Gasteiger partial charge in [0.15, 0.2) is 0 Å². The van der Waals surface area contributed by atoms with E-state index in [1.54, 1.807) is 4.90 Å². The molecule has 0 bridgehead atoms. The molecular weight excluding hydrogens is 240 g/mol. The van der Waals surface area contributed by atoms with Crippen molar-refractivity contribution < 1.29 is 9.90 Å². The Balaban J connectivity index is 2.05. The molecule has 1 saturated heterocycles. The lowest BCUT2D eigenvalue weighted by atomic mass is 9.94. The van der Waals surface area contributed by atoms with Gasteiger partial charge >= 0.3 is 0 Å². The number of aliphatic hydroxyl groups excluding tert-OH is 1. The van der Waals surface area contributed by atoms with Crippen LogP contribution in [0.2, 0.25) is 0 Å². The van der Waals surface area contributed by atoms with Crippen LogP contribution in [0.1, 0.15) is 24.3 Å². The van der Waals surface area contributed by atoms with Crippen LogP contribution in [0.25, 0.3) is 0 Å². The monoisotopic (exact) mass is 258 g/mol. The first kappa shape index (κ1) is 13.6. The fourth-order valence-corrected chi connectivity index (χ4v) is 2.44. The van der Waals surface area contributed by atoms with E-state index in [1.165, 1.54) is 0 Å². The zero-order valence-electron chi connectivity index (χ0n) is 10.8. The quantitative estimate of drug-likeness (QED) is 0.894. The zero-order chi connectivity index (χ0) is 13.7. The highest BCUT2D eigenvalue weighted by Crippen LogP contribution is 2.22. The summed E-state index contributed by atoms with van der Waals surface area (Å²) in [6.07, 6.45) is 1.63. The van der Waals surface area contributed by atoms with Crippen LogP contribution in [0, 0.1) is 17.2 Å². The molecule has 0 saturated carbocycles. The maximum atomic E-state index is 12.4. The summed E-state index contributed by atoms with van der Waals surface area (Å²) >= 11 is 0. The van der Waals surface area contributed by atoms with Gasteiger partial charge in [-0.25, -0.2) is 0 Å². The zero-order valence-corrected chi connectivity index (χ0v) is 10.8. The fraction of sp³-hybridized carbons (Fsp3) is 0.467. The molecule has 0 radical (unpaired) electrons. The van der Waals surface area contributed by atoms with E-state index in [2.05, 4.69) is 6.07 Å². The Morgan fingerprint density at radius 1 is 1.37 bits per heavy atom. The highest BCUT2D eigenvalue weighted by Gasteiger charge is 2.28. The van der Waals surface area contributed by atoms with Crippen molar-refractivity contribution in [3.63, 3.8) is 0 Å². The molecule has 1 amide bonds. The Hall–Kier alpha value is -1.86. The third kappa shape index (κ3) is 3.12.